The smallest absolute Gasteiger partial charge is 0.205 e. The van der Waals surface area contributed by atoms with Crippen molar-refractivity contribution in [2.75, 3.05) is 0 Å². The summed E-state index contributed by atoms with van der Waals surface area (Å²) in [6.07, 6.45) is 3.26. The molecule has 0 aliphatic rings. The molecule has 0 bridgehead atoms. The molecular formula is C10H10N4S. The van der Waals surface area contributed by atoms with Crippen molar-refractivity contribution in [3.63, 3.8) is 0 Å². The maximum Gasteiger partial charge on any atom is 0.205 e. The van der Waals surface area contributed by atoms with Gasteiger partial charge < -0.3 is 0 Å². The first-order chi connectivity index (χ1) is 7.15. The van der Waals surface area contributed by atoms with E-state index in [2.05, 4.69) is 23.9 Å². The average molecular weight is 218 g/mol. The maximum absolute atomic E-state index is 8.40. The lowest BCUT2D eigenvalue weighted by Gasteiger charge is -1.89. The Balaban J connectivity index is 2.77. The Kier molecular flexibility index (Phi) is 2.29. The fourth-order valence-electron chi connectivity index (χ4n) is 1.81. The highest BCUT2D eigenvalue weighted by Crippen LogP contribution is 2.31. The molecule has 2 rings (SSSR count). The molecule has 0 aromatic carbocycles. The molecule has 0 N–H and O–H groups in total. The number of aryl methyl sites for hydroxylation is 3. The number of nitriles is 1. The van der Waals surface area contributed by atoms with Crippen molar-refractivity contribution in [2.45, 2.75) is 13.8 Å². The third kappa shape index (κ3) is 1.43. The van der Waals surface area contributed by atoms with E-state index in [4.69, 9.17) is 5.26 Å². The molecule has 0 radical (unpaired) electrons. The van der Waals surface area contributed by atoms with Gasteiger partial charge >= 0.3 is 0 Å². The Labute approximate surface area is 91.5 Å². The van der Waals surface area contributed by atoms with Crippen LogP contribution in [0.4, 0.5) is 0 Å². The molecule has 0 saturated heterocycles. The average Bonchev–Trinajstić information content (AvgIpc) is 2.65. The Bertz CT molecular complexity index is 583. The predicted molar refractivity (Wildman–Crippen MR) is 61.3 cm³/mol. The van der Waals surface area contributed by atoms with Crippen LogP contribution in [-0.4, -0.2) is 16.0 Å². The lowest BCUT2D eigenvalue weighted by atomic mass is 10.2. The van der Waals surface area contributed by atoms with E-state index in [1.807, 2.05) is 11.7 Å². The van der Waals surface area contributed by atoms with Crippen LogP contribution in [0.5, 0.6) is 0 Å². The summed E-state index contributed by atoms with van der Waals surface area (Å²) in [5.74, 6) is 0. The van der Waals surface area contributed by atoms with Crippen molar-refractivity contribution in [3.05, 3.63) is 15.4 Å². The van der Waals surface area contributed by atoms with Gasteiger partial charge in [-0.1, -0.05) is 0 Å². The van der Waals surface area contributed by atoms with Crippen molar-refractivity contribution in [3.8, 4) is 6.19 Å². The zero-order valence-electron chi connectivity index (χ0n) is 8.77. The summed E-state index contributed by atoms with van der Waals surface area (Å²) in [7, 11) is 1.91. The van der Waals surface area contributed by atoms with Crippen LogP contribution >= 0.6 is 11.3 Å². The van der Waals surface area contributed by atoms with Crippen LogP contribution in [-0.2, 0) is 7.05 Å². The van der Waals surface area contributed by atoms with E-state index in [1.165, 1.54) is 16.0 Å². The minimum atomic E-state index is 0.774. The van der Waals surface area contributed by atoms with E-state index in [0.717, 1.165) is 16.6 Å². The SMILES string of the molecule is Cc1sc(C)c2c1c(C=NC#N)nn2C. The maximum atomic E-state index is 8.40. The fraction of sp³-hybridized carbons (Fsp3) is 0.300. The van der Waals surface area contributed by atoms with Gasteiger partial charge in [0.1, 0.15) is 5.69 Å². The Morgan fingerprint density at radius 1 is 1.47 bits per heavy atom. The van der Waals surface area contributed by atoms with Crippen molar-refractivity contribution in [1.29, 1.82) is 5.26 Å². The molecule has 0 amide bonds. The molecule has 0 aliphatic carbocycles. The Hall–Kier alpha value is -1.67. The zero-order chi connectivity index (χ0) is 11.0. The van der Waals surface area contributed by atoms with Crippen LogP contribution in [0.3, 0.4) is 0 Å². The third-order valence-electron chi connectivity index (χ3n) is 2.31. The summed E-state index contributed by atoms with van der Waals surface area (Å²) in [6.45, 7) is 4.14. The van der Waals surface area contributed by atoms with E-state index in [1.54, 1.807) is 17.5 Å². The van der Waals surface area contributed by atoms with Crippen molar-refractivity contribution in [2.24, 2.45) is 12.0 Å². The molecule has 2 aromatic heterocycles. The topological polar surface area (TPSA) is 54.0 Å². The van der Waals surface area contributed by atoms with Gasteiger partial charge in [-0.2, -0.15) is 15.4 Å². The van der Waals surface area contributed by atoms with Gasteiger partial charge in [0.15, 0.2) is 0 Å². The lowest BCUT2D eigenvalue weighted by molar-refractivity contribution is 0.793. The minimum Gasteiger partial charge on any atom is -0.266 e. The summed E-state index contributed by atoms with van der Waals surface area (Å²) in [5.41, 5.74) is 1.91. The molecule has 5 heteroatoms. The lowest BCUT2D eigenvalue weighted by Crippen LogP contribution is -1.91. The molecule has 0 spiro atoms. The van der Waals surface area contributed by atoms with Gasteiger partial charge in [0.25, 0.3) is 0 Å². The molecule has 0 aliphatic heterocycles. The van der Waals surface area contributed by atoms with Gasteiger partial charge in [-0.25, -0.2) is 0 Å². The number of hydrogen-bond acceptors (Lipinski definition) is 4. The minimum absolute atomic E-state index is 0.774. The van der Waals surface area contributed by atoms with Gasteiger partial charge in [-0.05, 0) is 13.8 Å². The Morgan fingerprint density at radius 2 is 2.20 bits per heavy atom. The first kappa shape index (κ1) is 9.87. The number of rotatable bonds is 1. The number of thiophene rings is 1. The number of nitrogens with zero attached hydrogens (tertiary/aromatic N) is 4. The number of aliphatic imine (C=N–C) groups is 1. The first-order valence-electron chi connectivity index (χ1n) is 4.50. The molecular weight excluding hydrogens is 208 g/mol. The molecule has 0 atom stereocenters. The van der Waals surface area contributed by atoms with Crippen molar-refractivity contribution >= 4 is 28.5 Å². The van der Waals surface area contributed by atoms with E-state index in [9.17, 15) is 0 Å². The van der Waals surface area contributed by atoms with E-state index in [-0.39, 0.29) is 0 Å². The number of aromatic nitrogens is 2. The van der Waals surface area contributed by atoms with Crippen LogP contribution in [0.1, 0.15) is 15.4 Å². The molecule has 0 fully saturated rings. The van der Waals surface area contributed by atoms with E-state index < -0.39 is 0 Å². The molecule has 2 aromatic rings. The normalized spacial score (nSPS) is 11.3. The molecule has 0 saturated carbocycles. The largest absolute Gasteiger partial charge is 0.266 e. The van der Waals surface area contributed by atoms with E-state index >= 15 is 0 Å². The van der Waals surface area contributed by atoms with Crippen LogP contribution < -0.4 is 0 Å². The van der Waals surface area contributed by atoms with Crippen LogP contribution in [0.2, 0.25) is 0 Å². The van der Waals surface area contributed by atoms with Gasteiger partial charge in [0.2, 0.25) is 6.19 Å². The molecule has 2 heterocycles. The summed E-state index contributed by atoms with van der Waals surface area (Å²) in [4.78, 5) is 6.03. The van der Waals surface area contributed by atoms with Crippen LogP contribution in [0.25, 0.3) is 10.9 Å². The molecule has 76 valence electrons. The second-order valence-electron chi connectivity index (χ2n) is 3.31. The predicted octanol–water partition coefficient (Wildman–Crippen LogP) is 2.15. The summed E-state index contributed by atoms with van der Waals surface area (Å²) in [6, 6.07) is 0. The number of fused-ring (bicyclic) bond motifs is 1. The highest BCUT2D eigenvalue weighted by Gasteiger charge is 2.14. The zero-order valence-corrected chi connectivity index (χ0v) is 9.59. The quantitative estimate of drug-likeness (QED) is 0.544. The van der Waals surface area contributed by atoms with Crippen molar-refractivity contribution < 1.29 is 0 Å². The van der Waals surface area contributed by atoms with E-state index in [0.29, 0.717) is 0 Å². The summed E-state index contributed by atoms with van der Waals surface area (Å²) in [5, 5.41) is 13.8. The highest BCUT2D eigenvalue weighted by atomic mass is 32.1. The second kappa shape index (κ2) is 3.48. The third-order valence-corrected chi connectivity index (χ3v) is 3.32. The van der Waals surface area contributed by atoms with Crippen LogP contribution in [0, 0.1) is 25.3 Å². The monoisotopic (exact) mass is 218 g/mol. The molecule has 4 nitrogen and oxygen atoms in total. The van der Waals surface area contributed by atoms with Gasteiger partial charge in [-0.3, -0.25) is 4.68 Å². The summed E-state index contributed by atoms with van der Waals surface area (Å²) < 4.78 is 1.84. The highest BCUT2D eigenvalue weighted by molar-refractivity contribution is 7.13. The summed E-state index contributed by atoms with van der Waals surface area (Å²) >= 11 is 1.75. The van der Waals surface area contributed by atoms with Crippen LogP contribution in [0.15, 0.2) is 4.99 Å². The van der Waals surface area contributed by atoms with Gasteiger partial charge in [0, 0.05) is 22.2 Å². The van der Waals surface area contributed by atoms with Gasteiger partial charge in [0.05, 0.1) is 11.7 Å². The molecule has 0 unspecified atom stereocenters. The Morgan fingerprint density at radius 3 is 2.87 bits per heavy atom. The second-order valence-corrected chi connectivity index (χ2v) is 4.73. The standard InChI is InChI=1S/C10H10N4S/c1-6-9-8(4-12-5-11)13-14(3)10(9)7(2)15-6/h4H,1-3H3. The van der Waals surface area contributed by atoms with Crippen molar-refractivity contribution in [1.82, 2.24) is 9.78 Å². The fourth-order valence-corrected chi connectivity index (χ4v) is 2.90. The first-order valence-corrected chi connectivity index (χ1v) is 5.31. The molecule has 15 heavy (non-hydrogen) atoms. The number of hydrogen-bond donors (Lipinski definition) is 0. The van der Waals surface area contributed by atoms with Gasteiger partial charge in [-0.15, -0.1) is 11.3 Å².